The van der Waals surface area contributed by atoms with E-state index in [1.54, 1.807) is 5.01 Å². The summed E-state index contributed by atoms with van der Waals surface area (Å²) in [6.45, 7) is 9.10. The molecule has 2 aliphatic rings. The van der Waals surface area contributed by atoms with Crippen molar-refractivity contribution in [2.45, 2.75) is 39.8 Å². The molecule has 5 rings (SSSR count). The van der Waals surface area contributed by atoms with Gasteiger partial charge in [-0.05, 0) is 55.3 Å². The molecule has 2 aromatic carbocycles. The molecule has 0 bridgehead atoms. The van der Waals surface area contributed by atoms with Crippen molar-refractivity contribution < 1.29 is 9.59 Å². The Bertz CT molecular complexity index is 1270. The Morgan fingerprint density at radius 1 is 0.921 bits per heavy atom. The number of H-pyrrole nitrogens is 1. The predicted octanol–water partition coefficient (Wildman–Crippen LogP) is 3.59. The van der Waals surface area contributed by atoms with Crippen LogP contribution in [0, 0.1) is 0 Å². The number of amides is 3. The Balaban J connectivity index is 1.18. The molecular weight excluding hydrogens is 480 g/mol. The van der Waals surface area contributed by atoms with Crippen molar-refractivity contribution in [2.75, 3.05) is 48.8 Å². The fraction of sp³-hybridized carbons (Fsp3) is 0.393. The number of aryl methyl sites for hydroxylation is 2. The van der Waals surface area contributed by atoms with E-state index in [9.17, 15) is 9.59 Å². The van der Waals surface area contributed by atoms with Crippen molar-refractivity contribution in [2.24, 2.45) is 0 Å². The van der Waals surface area contributed by atoms with Gasteiger partial charge in [-0.25, -0.2) is 9.80 Å². The Labute approximate surface area is 223 Å². The summed E-state index contributed by atoms with van der Waals surface area (Å²) in [4.78, 5) is 30.4. The Kier molecular flexibility index (Phi) is 7.62. The number of aromatic nitrogens is 2. The van der Waals surface area contributed by atoms with Gasteiger partial charge in [0.2, 0.25) is 0 Å². The number of likely N-dealkylation sites (N-methyl/N-ethyl adjacent to an activating group) is 1. The van der Waals surface area contributed by atoms with Crippen LogP contribution in [-0.4, -0.2) is 65.3 Å². The number of urea groups is 1. The molecule has 4 N–H and O–H groups in total. The van der Waals surface area contributed by atoms with Crippen LogP contribution in [0.3, 0.4) is 0 Å². The van der Waals surface area contributed by atoms with Gasteiger partial charge in [-0.3, -0.25) is 15.3 Å². The smallest absolute Gasteiger partial charge is 0.333 e. The minimum atomic E-state index is -0.287. The molecule has 1 fully saturated rings. The topological polar surface area (TPSA) is 109 Å². The fourth-order valence-corrected chi connectivity index (χ4v) is 5.08. The van der Waals surface area contributed by atoms with Gasteiger partial charge in [-0.15, -0.1) is 0 Å². The Morgan fingerprint density at radius 3 is 2.26 bits per heavy atom. The summed E-state index contributed by atoms with van der Waals surface area (Å²) in [5, 5.41) is 15.1. The van der Waals surface area contributed by atoms with Crippen LogP contribution in [-0.2, 0) is 25.9 Å². The summed E-state index contributed by atoms with van der Waals surface area (Å²) >= 11 is 0. The van der Waals surface area contributed by atoms with Crippen LogP contribution in [0.1, 0.15) is 46.6 Å². The maximum absolute atomic E-state index is 12.9. The van der Waals surface area contributed by atoms with Gasteiger partial charge >= 0.3 is 6.03 Å². The molecule has 0 unspecified atom stereocenters. The van der Waals surface area contributed by atoms with E-state index in [1.807, 2.05) is 42.5 Å². The van der Waals surface area contributed by atoms with E-state index in [-0.39, 0.29) is 11.9 Å². The minimum absolute atomic E-state index is 0.211. The molecule has 3 heterocycles. The van der Waals surface area contributed by atoms with Crippen molar-refractivity contribution in [1.82, 2.24) is 25.5 Å². The quantitative estimate of drug-likeness (QED) is 0.382. The van der Waals surface area contributed by atoms with Crippen molar-refractivity contribution >= 4 is 29.1 Å². The van der Waals surface area contributed by atoms with Gasteiger partial charge in [0, 0.05) is 55.2 Å². The number of carbonyl (C=O) groups is 2. The van der Waals surface area contributed by atoms with Crippen LogP contribution in [0.15, 0.2) is 42.5 Å². The second-order valence-electron chi connectivity index (χ2n) is 9.90. The number of anilines is 3. The number of nitrogens with zero attached hydrogens (tertiary/aromatic N) is 4. The van der Waals surface area contributed by atoms with Crippen LogP contribution >= 0.6 is 0 Å². The summed E-state index contributed by atoms with van der Waals surface area (Å²) in [5.74, 6) is 0.277. The Morgan fingerprint density at radius 2 is 1.61 bits per heavy atom. The maximum atomic E-state index is 12.9. The monoisotopic (exact) mass is 516 g/mol. The standard InChI is InChI=1S/C28H36N8O2/c1-4-19-7-6-8-20(5-2)25(19)29-28(38)33-36-17-23-24(18-36)31-32-26(23)30-27(37)21-9-11-22(12-10-21)35-15-13-34(3)14-16-35/h6-12H,4-5,13-18H2,1-3H3,(H2,29,33,38)(H2,30,31,32,37). The number of hydrogen-bond acceptors (Lipinski definition) is 6. The van der Waals surface area contributed by atoms with E-state index < -0.39 is 0 Å². The zero-order valence-corrected chi connectivity index (χ0v) is 22.3. The third kappa shape index (κ3) is 5.51. The molecule has 3 amide bonds. The molecule has 0 spiro atoms. The lowest BCUT2D eigenvalue weighted by Gasteiger charge is -2.34. The third-order valence-corrected chi connectivity index (χ3v) is 7.38. The van der Waals surface area contributed by atoms with Crippen molar-refractivity contribution in [3.05, 3.63) is 70.4 Å². The van der Waals surface area contributed by atoms with Crippen molar-refractivity contribution in [3.8, 4) is 0 Å². The number of piperazine rings is 1. The lowest BCUT2D eigenvalue weighted by Crippen LogP contribution is -2.44. The summed E-state index contributed by atoms with van der Waals surface area (Å²) in [5.41, 5.74) is 9.47. The number of benzene rings is 2. The highest BCUT2D eigenvalue weighted by Crippen LogP contribution is 2.27. The molecule has 0 saturated carbocycles. The van der Waals surface area contributed by atoms with Crippen LogP contribution in [0.4, 0.5) is 22.0 Å². The predicted molar refractivity (Wildman–Crippen MR) is 149 cm³/mol. The lowest BCUT2D eigenvalue weighted by molar-refractivity contribution is 0.102. The second kappa shape index (κ2) is 11.2. The molecule has 0 atom stereocenters. The van der Waals surface area contributed by atoms with Gasteiger partial charge < -0.3 is 20.4 Å². The summed E-state index contributed by atoms with van der Waals surface area (Å²) in [6.07, 6.45) is 1.68. The molecule has 2 aliphatic heterocycles. The highest BCUT2D eigenvalue weighted by Gasteiger charge is 2.27. The van der Waals surface area contributed by atoms with Gasteiger partial charge in [0.25, 0.3) is 5.91 Å². The van der Waals surface area contributed by atoms with Gasteiger partial charge in [0.05, 0.1) is 12.2 Å². The molecular formula is C28H36N8O2. The average molecular weight is 517 g/mol. The number of hydrazine groups is 1. The third-order valence-electron chi connectivity index (χ3n) is 7.38. The summed E-state index contributed by atoms with van der Waals surface area (Å²) < 4.78 is 0. The van der Waals surface area contributed by atoms with Gasteiger partial charge in [-0.2, -0.15) is 5.10 Å². The number of para-hydroxylation sites is 1. The van der Waals surface area contributed by atoms with Crippen LogP contribution < -0.4 is 21.0 Å². The molecule has 10 heteroatoms. The summed E-state index contributed by atoms with van der Waals surface area (Å²) in [6, 6.07) is 13.5. The normalized spacial score (nSPS) is 15.8. The molecule has 10 nitrogen and oxygen atoms in total. The van der Waals surface area contributed by atoms with Crippen LogP contribution in [0.25, 0.3) is 0 Å². The SMILES string of the molecule is CCc1cccc(CC)c1NC(=O)NN1Cc2[nH]nc(NC(=O)c3ccc(N4CCN(C)CC4)cc3)c2C1. The first-order chi connectivity index (χ1) is 18.4. The molecule has 3 aromatic rings. The first-order valence-corrected chi connectivity index (χ1v) is 13.3. The second-order valence-corrected chi connectivity index (χ2v) is 9.90. The first-order valence-electron chi connectivity index (χ1n) is 13.3. The number of carbonyl (C=O) groups excluding carboxylic acids is 2. The van der Waals surface area contributed by atoms with Gasteiger partial charge in [0.1, 0.15) is 0 Å². The highest BCUT2D eigenvalue weighted by atomic mass is 16.2. The Hall–Kier alpha value is -3.89. The molecule has 0 radical (unpaired) electrons. The average Bonchev–Trinajstić information content (AvgIpc) is 3.50. The number of nitrogens with one attached hydrogen (secondary N) is 4. The van der Waals surface area contributed by atoms with E-state index in [2.05, 4.69) is 57.0 Å². The van der Waals surface area contributed by atoms with Gasteiger partial charge in [-0.1, -0.05) is 32.0 Å². The molecule has 1 aromatic heterocycles. The lowest BCUT2D eigenvalue weighted by atomic mass is 10.0. The van der Waals surface area contributed by atoms with E-state index in [0.717, 1.165) is 72.8 Å². The van der Waals surface area contributed by atoms with Crippen molar-refractivity contribution in [3.63, 3.8) is 0 Å². The van der Waals surface area contributed by atoms with Crippen LogP contribution in [0.5, 0.6) is 0 Å². The summed E-state index contributed by atoms with van der Waals surface area (Å²) in [7, 11) is 2.13. The van der Waals surface area contributed by atoms with E-state index in [1.165, 1.54) is 0 Å². The van der Waals surface area contributed by atoms with E-state index in [4.69, 9.17) is 0 Å². The van der Waals surface area contributed by atoms with Crippen molar-refractivity contribution in [1.29, 1.82) is 0 Å². The molecule has 200 valence electrons. The van der Waals surface area contributed by atoms with E-state index >= 15 is 0 Å². The first kappa shape index (κ1) is 25.7. The maximum Gasteiger partial charge on any atom is 0.333 e. The zero-order valence-electron chi connectivity index (χ0n) is 22.3. The number of aromatic amines is 1. The minimum Gasteiger partial charge on any atom is -0.369 e. The molecule has 38 heavy (non-hydrogen) atoms. The fourth-order valence-electron chi connectivity index (χ4n) is 5.08. The van der Waals surface area contributed by atoms with Gasteiger partial charge in [0.15, 0.2) is 5.82 Å². The number of rotatable bonds is 7. The number of fused-ring (bicyclic) bond motifs is 1. The molecule has 1 saturated heterocycles. The van der Waals surface area contributed by atoms with Crippen LogP contribution in [0.2, 0.25) is 0 Å². The highest BCUT2D eigenvalue weighted by molar-refractivity contribution is 6.04. The molecule has 0 aliphatic carbocycles. The number of hydrogen-bond donors (Lipinski definition) is 4. The largest absolute Gasteiger partial charge is 0.369 e. The zero-order chi connectivity index (χ0) is 26.6. The van der Waals surface area contributed by atoms with E-state index in [0.29, 0.717) is 24.5 Å².